The number of amides is 1. The summed E-state index contributed by atoms with van der Waals surface area (Å²) < 4.78 is 1.54. The third-order valence-electron chi connectivity index (χ3n) is 2.63. The number of carbonyl (C=O) groups excluding carboxylic acids is 1. The Morgan fingerprint density at radius 3 is 2.90 bits per heavy atom. The Kier molecular flexibility index (Phi) is 4.29. The fraction of sp³-hybridized carbons (Fsp3) is 0.385. The highest BCUT2D eigenvalue weighted by Crippen LogP contribution is 2.08. The lowest BCUT2D eigenvalue weighted by atomic mass is 10.4. The molecule has 0 saturated heterocycles. The number of rotatable bonds is 5. The minimum Gasteiger partial charge on any atom is -0.369 e. The first-order valence-electron chi connectivity index (χ1n) is 6.45. The number of carbonyl (C=O) groups is 1. The normalized spacial score (nSPS) is 10.3. The van der Waals surface area contributed by atoms with E-state index in [0.717, 1.165) is 13.0 Å². The standard InChI is InChI=1S/C13H18N6O/c1-4-6-15-11-8-14-9-12(16-11)19-7-5-10(17-19)13(20)18(2)3/h5,7-9H,4,6H2,1-3H3,(H,15,16). The Bertz CT molecular complexity index is 592. The van der Waals surface area contributed by atoms with E-state index in [1.165, 1.54) is 4.90 Å². The highest BCUT2D eigenvalue weighted by atomic mass is 16.2. The molecule has 1 amide bonds. The molecule has 0 saturated carbocycles. The second-order valence-electron chi connectivity index (χ2n) is 4.53. The van der Waals surface area contributed by atoms with Gasteiger partial charge in [-0.25, -0.2) is 9.67 Å². The molecule has 20 heavy (non-hydrogen) atoms. The lowest BCUT2D eigenvalue weighted by molar-refractivity contribution is 0.0821. The van der Waals surface area contributed by atoms with Crippen molar-refractivity contribution in [2.24, 2.45) is 0 Å². The predicted molar refractivity (Wildman–Crippen MR) is 76.0 cm³/mol. The first-order chi connectivity index (χ1) is 9.61. The molecule has 2 aromatic heterocycles. The van der Waals surface area contributed by atoms with Gasteiger partial charge in [-0.3, -0.25) is 9.78 Å². The van der Waals surface area contributed by atoms with Crippen LogP contribution in [0.2, 0.25) is 0 Å². The molecule has 0 radical (unpaired) electrons. The van der Waals surface area contributed by atoms with Crippen molar-refractivity contribution in [2.75, 3.05) is 26.0 Å². The van der Waals surface area contributed by atoms with E-state index in [-0.39, 0.29) is 5.91 Å². The Morgan fingerprint density at radius 1 is 1.40 bits per heavy atom. The first kappa shape index (κ1) is 14.0. The fourth-order valence-electron chi connectivity index (χ4n) is 1.60. The van der Waals surface area contributed by atoms with Crippen LogP contribution in [0.5, 0.6) is 0 Å². The van der Waals surface area contributed by atoms with Gasteiger partial charge in [0.15, 0.2) is 11.5 Å². The average molecular weight is 274 g/mol. The largest absolute Gasteiger partial charge is 0.369 e. The van der Waals surface area contributed by atoms with Gasteiger partial charge in [0, 0.05) is 26.8 Å². The van der Waals surface area contributed by atoms with E-state index in [4.69, 9.17) is 0 Å². The van der Waals surface area contributed by atoms with Crippen LogP contribution >= 0.6 is 0 Å². The van der Waals surface area contributed by atoms with Crippen molar-refractivity contribution in [3.63, 3.8) is 0 Å². The molecule has 0 aliphatic heterocycles. The molecule has 0 aliphatic carbocycles. The minimum atomic E-state index is -0.142. The van der Waals surface area contributed by atoms with Gasteiger partial charge in [0.25, 0.3) is 5.91 Å². The second-order valence-corrected chi connectivity index (χ2v) is 4.53. The zero-order valence-corrected chi connectivity index (χ0v) is 11.9. The molecular weight excluding hydrogens is 256 g/mol. The molecule has 0 fully saturated rings. The monoisotopic (exact) mass is 274 g/mol. The maximum atomic E-state index is 11.8. The number of aromatic nitrogens is 4. The van der Waals surface area contributed by atoms with Gasteiger partial charge in [-0.05, 0) is 12.5 Å². The molecule has 0 aromatic carbocycles. The van der Waals surface area contributed by atoms with Crippen LogP contribution in [0.15, 0.2) is 24.7 Å². The molecule has 2 heterocycles. The summed E-state index contributed by atoms with van der Waals surface area (Å²) in [4.78, 5) is 21.8. The van der Waals surface area contributed by atoms with E-state index in [9.17, 15) is 4.79 Å². The number of hydrogen-bond acceptors (Lipinski definition) is 5. The van der Waals surface area contributed by atoms with Gasteiger partial charge >= 0.3 is 0 Å². The number of hydrogen-bond donors (Lipinski definition) is 1. The molecule has 0 bridgehead atoms. The zero-order chi connectivity index (χ0) is 14.5. The smallest absolute Gasteiger partial charge is 0.273 e. The van der Waals surface area contributed by atoms with Crippen molar-refractivity contribution in [2.45, 2.75) is 13.3 Å². The Labute approximate surface area is 117 Å². The summed E-state index contributed by atoms with van der Waals surface area (Å²) in [6.45, 7) is 2.92. The summed E-state index contributed by atoms with van der Waals surface area (Å²) in [5.74, 6) is 1.13. The van der Waals surface area contributed by atoms with E-state index in [1.807, 2.05) is 0 Å². The van der Waals surface area contributed by atoms with E-state index in [1.54, 1.807) is 43.4 Å². The van der Waals surface area contributed by atoms with Crippen molar-refractivity contribution in [3.8, 4) is 5.82 Å². The van der Waals surface area contributed by atoms with Crippen molar-refractivity contribution in [3.05, 3.63) is 30.4 Å². The van der Waals surface area contributed by atoms with Crippen molar-refractivity contribution in [1.82, 2.24) is 24.6 Å². The lowest BCUT2D eigenvalue weighted by Crippen LogP contribution is -2.22. The summed E-state index contributed by atoms with van der Waals surface area (Å²) in [7, 11) is 3.38. The van der Waals surface area contributed by atoms with Crippen molar-refractivity contribution >= 4 is 11.7 Å². The SMILES string of the molecule is CCCNc1cncc(-n2ccc(C(=O)N(C)C)n2)n1. The van der Waals surface area contributed by atoms with E-state index >= 15 is 0 Å². The maximum Gasteiger partial charge on any atom is 0.273 e. The molecule has 2 rings (SSSR count). The second kappa shape index (κ2) is 6.14. The van der Waals surface area contributed by atoms with Gasteiger partial charge < -0.3 is 10.2 Å². The van der Waals surface area contributed by atoms with Gasteiger partial charge in [0.05, 0.1) is 12.4 Å². The first-order valence-corrected chi connectivity index (χ1v) is 6.45. The number of anilines is 1. The molecular formula is C13H18N6O. The predicted octanol–water partition coefficient (Wildman–Crippen LogP) is 1.19. The van der Waals surface area contributed by atoms with Crippen molar-refractivity contribution < 1.29 is 4.79 Å². The Balaban J connectivity index is 2.21. The van der Waals surface area contributed by atoms with Crippen LogP contribution in [0.4, 0.5) is 5.82 Å². The molecule has 7 heteroatoms. The van der Waals surface area contributed by atoms with Crippen LogP contribution in [0, 0.1) is 0 Å². The molecule has 0 spiro atoms. The van der Waals surface area contributed by atoms with Crippen molar-refractivity contribution in [1.29, 1.82) is 0 Å². The zero-order valence-electron chi connectivity index (χ0n) is 11.9. The Morgan fingerprint density at radius 2 is 2.20 bits per heavy atom. The van der Waals surface area contributed by atoms with Gasteiger partial charge in [-0.1, -0.05) is 6.92 Å². The van der Waals surface area contributed by atoms with Crippen LogP contribution in [0.1, 0.15) is 23.8 Å². The molecule has 0 atom stereocenters. The summed E-state index contributed by atoms with van der Waals surface area (Å²) in [6.07, 6.45) is 5.97. The molecule has 2 aromatic rings. The molecule has 1 N–H and O–H groups in total. The molecule has 0 unspecified atom stereocenters. The van der Waals surface area contributed by atoms with Gasteiger partial charge in [-0.15, -0.1) is 0 Å². The van der Waals surface area contributed by atoms with Crippen LogP contribution in [-0.2, 0) is 0 Å². The number of nitrogens with zero attached hydrogens (tertiary/aromatic N) is 5. The van der Waals surface area contributed by atoms with Crippen LogP contribution in [-0.4, -0.2) is 51.2 Å². The van der Waals surface area contributed by atoms with E-state index < -0.39 is 0 Å². The quantitative estimate of drug-likeness (QED) is 0.886. The topological polar surface area (TPSA) is 75.9 Å². The van der Waals surface area contributed by atoms with Crippen LogP contribution in [0.25, 0.3) is 5.82 Å². The van der Waals surface area contributed by atoms with Crippen LogP contribution in [0.3, 0.4) is 0 Å². The molecule has 106 valence electrons. The highest BCUT2D eigenvalue weighted by Gasteiger charge is 2.12. The van der Waals surface area contributed by atoms with Gasteiger partial charge in [0.2, 0.25) is 0 Å². The average Bonchev–Trinajstić information content (AvgIpc) is 2.94. The highest BCUT2D eigenvalue weighted by molar-refractivity contribution is 5.91. The lowest BCUT2D eigenvalue weighted by Gasteiger charge is -2.07. The van der Waals surface area contributed by atoms with E-state index in [0.29, 0.717) is 17.3 Å². The summed E-state index contributed by atoms with van der Waals surface area (Å²) in [5, 5.41) is 7.38. The maximum absolute atomic E-state index is 11.8. The number of nitrogens with one attached hydrogen (secondary N) is 1. The van der Waals surface area contributed by atoms with Gasteiger partial charge in [-0.2, -0.15) is 5.10 Å². The molecule has 7 nitrogen and oxygen atoms in total. The summed E-state index contributed by atoms with van der Waals surface area (Å²) in [5.41, 5.74) is 0.378. The molecule has 0 aliphatic rings. The fourth-order valence-corrected chi connectivity index (χ4v) is 1.60. The third-order valence-corrected chi connectivity index (χ3v) is 2.63. The minimum absolute atomic E-state index is 0.142. The summed E-state index contributed by atoms with van der Waals surface area (Å²) >= 11 is 0. The van der Waals surface area contributed by atoms with E-state index in [2.05, 4.69) is 27.3 Å². The van der Waals surface area contributed by atoms with Gasteiger partial charge in [0.1, 0.15) is 5.82 Å². The third kappa shape index (κ3) is 3.11. The summed E-state index contributed by atoms with van der Waals surface area (Å²) in [6, 6.07) is 1.66. The van der Waals surface area contributed by atoms with Crippen LogP contribution < -0.4 is 5.32 Å². The Hall–Kier alpha value is -2.44.